The molecule has 0 saturated carbocycles. The predicted molar refractivity (Wildman–Crippen MR) is 49.6 cm³/mol. The van der Waals surface area contributed by atoms with Crippen molar-refractivity contribution >= 4 is 5.97 Å². The van der Waals surface area contributed by atoms with Crippen LogP contribution in [0.25, 0.3) is 0 Å². The number of ether oxygens (including phenoxy) is 1. The first-order chi connectivity index (χ1) is 6.19. The van der Waals surface area contributed by atoms with Gasteiger partial charge in [-0.05, 0) is 31.5 Å². The van der Waals surface area contributed by atoms with Gasteiger partial charge < -0.3 is 15.5 Å². The molecule has 0 radical (unpaired) electrons. The summed E-state index contributed by atoms with van der Waals surface area (Å²) >= 11 is 0. The van der Waals surface area contributed by atoms with Crippen molar-refractivity contribution in [3.8, 4) is 0 Å². The Bertz CT molecular complexity index is 305. The number of aromatic nitrogens is 1. The van der Waals surface area contributed by atoms with Gasteiger partial charge in [0.25, 0.3) is 0 Å². The van der Waals surface area contributed by atoms with Gasteiger partial charge in [0.2, 0.25) is 0 Å². The topological polar surface area (TPSA) is 68.1 Å². The first-order valence-corrected chi connectivity index (χ1v) is 4.16. The van der Waals surface area contributed by atoms with Crippen LogP contribution in [0.3, 0.4) is 0 Å². The highest BCUT2D eigenvalue weighted by molar-refractivity contribution is 5.89. The summed E-state index contributed by atoms with van der Waals surface area (Å²) in [4.78, 5) is 14.1. The molecule has 72 valence electrons. The number of hydrogen-bond acceptors (Lipinski definition) is 3. The molecule has 1 heterocycles. The van der Waals surface area contributed by atoms with Crippen molar-refractivity contribution in [2.45, 2.75) is 13.3 Å². The summed E-state index contributed by atoms with van der Waals surface area (Å²) in [5, 5.41) is 0. The van der Waals surface area contributed by atoms with Gasteiger partial charge in [-0.15, -0.1) is 0 Å². The minimum Gasteiger partial charge on any atom is -0.464 e. The van der Waals surface area contributed by atoms with Crippen molar-refractivity contribution in [1.82, 2.24) is 4.98 Å². The molecule has 1 aromatic rings. The number of nitrogens with two attached hydrogens (primary N) is 1. The van der Waals surface area contributed by atoms with E-state index in [0.717, 1.165) is 17.7 Å². The van der Waals surface area contributed by atoms with Crippen LogP contribution in [0, 0.1) is 6.92 Å². The number of nitrogens with one attached hydrogen (secondary N) is 1. The summed E-state index contributed by atoms with van der Waals surface area (Å²) in [6.45, 7) is 2.43. The molecule has 0 aliphatic rings. The molecule has 0 atom stereocenters. The van der Waals surface area contributed by atoms with Crippen LogP contribution < -0.4 is 5.73 Å². The molecular weight excluding hydrogens is 168 g/mol. The third-order valence-electron chi connectivity index (χ3n) is 1.87. The lowest BCUT2D eigenvalue weighted by Crippen LogP contribution is -2.05. The number of rotatable bonds is 3. The Kier molecular flexibility index (Phi) is 3.08. The maximum Gasteiger partial charge on any atom is 0.354 e. The third kappa shape index (κ3) is 2.09. The van der Waals surface area contributed by atoms with Crippen LogP contribution in [0.2, 0.25) is 0 Å². The quantitative estimate of drug-likeness (QED) is 0.673. The molecule has 4 nitrogen and oxygen atoms in total. The lowest BCUT2D eigenvalue weighted by Gasteiger charge is -1.96. The molecule has 0 aromatic carbocycles. The molecule has 0 amide bonds. The van der Waals surface area contributed by atoms with Crippen LogP contribution in [0.15, 0.2) is 6.07 Å². The van der Waals surface area contributed by atoms with E-state index < -0.39 is 0 Å². The Labute approximate surface area is 77.1 Å². The number of aryl methyl sites for hydroxylation is 1. The van der Waals surface area contributed by atoms with Crippen LogP contribution >= 0.6 is 0 Å². The van der Waals surface area contributed by atoms with E-state index in [1.165, 1.54) is 7.11 Å². The van der Waals surface area contributed by atoms with E-state index in [4.69, 9.17) is 5.73 Å². The van der Waals surface area contributed by atoms with Crippen LogP contribution in [0.4, 0.5) is 0 Å². The average molecular weight is 182 g/mol. The summed E-state index contributed by atoms with van der Waals surface area (Å²) in [5.41, 5.74) is 7.78. The van der Waals surface area contributed by atoms with Crippen molar-refractivity contribution in [3.63, 3.8) is 0 Å². The Hall–Kier alpha value is -1.29. The van der Waals surface area contributed by atoms with Crippen molar-refractivity contribution in [1.29, 1.82) is 0 Å². The molecule has 0 fully saturated rings. The molecule has 0 unspecified atom stereocenters. The number of carbonyl (C=O) groups excluding carboxylic acids is 1. The van der Waals surface area contributed by atoms with Gasteiger partial charge in [0.1, 0.15) is 5.69 Å². The minimum absolute atomic E-state index is 0.333. The highest BCUT2D eigenvalue weighted by Crippen LogP contribution is 2.10. The third-order valence-corrected chi connectivity index (χ3v) is 1.87. The maximum atomic E-state index is 11.2. The predicted octanol–water partition coefficient (Wildman–Crippen LogP) is 0.611. The van der Waals surface area contributed by atoms with Gasteiger partial charge in [0.05, 0.1) is 7.11 Å². The zero-order valence-corrected chi connectivity index (χ0v) is 7.89. The van der Waals surface area contributed by atoms with Gasteiger partial charge in [-0.1, -0.05) is 0 Å². The molecule has 1 rings (SSSR count). The molecule has 0 bridgehead atoms. The molecule has 4 heteroatoms. The largest absolute Gasteiger partial charge is 0.464 e. The van der Waals surface area contributed by atoms with Crippen LogP contribution in [0.5, 0.6) is 0 Å². The monoisotopic (exact) mass is 182 g/mol. The molecule has 0 aliphatic heterocycles. The highest BCUT2D eigenvalue weighted by atomic mass is 16.5. The Morgan fingerprint density at radius 2 is 2.38 bits per heavy atom. The van der Waals surface area contributed by atoms with Crippen LogP contribution in [-0.4, -0.2) is 24.6 Å². The molecule has 0 aliphatic carbocycles. The molecule has 1 aromatic heterocycles. The Morgan fingerprint density at radius 3 is 2.92 bits per heavy atom. The molecular formula is C9H14N2O2. The summed E-state index contributed by atoms with van der Waals surface area (Å²) in [7, 11) is 1.37. The Morgan fingerprint density at radius 1 is 1.69 bits per heavy atom. The number of H-pyrrole nitrogens is 1. The number of hydrogen-bond donors (Lipinski definition) is 2. The van der Waals surface area contributed by atoms with E-state index in [2.05, 4.69) is 9.72 Å². The van der Waals surface area contributed by atoms with E-state index >= 15 is 0 Å². The zero-order valence-electron chi connectivity index (χ0n) is 7.89. The smallest absolute Gasteiger partial charge is 0.354 e. The molecule has 13 heavy (non-hydrogen) atoms. The second kappa shape index (κ2) is 4.09. The highest BCUT2D eigenvalue weighted by Gasteiger charge is 2.11. The molecule has 3 N–H and O–H groups in total. The van der Waals surface area contributed by atoms with E-state index in [-0.39, 0.29) is 5.97 Å². The van der Waals surface area contributed by atoms with Gasteiger partial charge in [-0.2, -0.15) is 0 Å². The van der Waals surface area contributed by atoms with Crippen molar-refractivity contribution in [2.75, 3.05) is 13.7 Å². The number of methoxy groups -OCH3 is 1. The van der Waals surface area contributed by atoms with Gasteiger partial charge in [0, 0.05) is 5.69 Å². The molecule has 0 spiro atoms. The van der Waals surface area contributed by atoms with Gasteiger partial charge >= 0.3 is 5.97 Å². The van der Waals surface area contributed by atoms with Crippen LogP contribution in [-0.2, 0) is 11.2 Å². The maximum absolute atomic E-state index is 11.2. The van der Waals surface area contributed by atoms with Gasteiger partial charge in [-0.25, -0.2) is 4.79 Å². The van der Waals surface area contributed by atoms with Crippen molar-refractivity contribution in [2.24, 2.45) is 5.73 Å². The summed E-state index contributed by atoms with van der Waals surface area (Å²) in [6.07, 6.45) is 0.748. The summed E-state index contributed by atoms with van der Waals surface area (Å²) in [5.74, 6) is -0.333. The fourth-order valence-electron chi connectivity index (χ4n) is 1.23. The Balaban J connectivity index is 2.89. The SMILES string of the molecule is COC(=O)c1[nH]c(CCN)cc1C. The fourth-order valence-corrected chi connectivity index (χ4v) is 1.23. The molecule has 0 saturated heterocycles. The summed E-state index contributed by atoms with van der Waals surface area (Å²) < 4.78 is 4.61. The first-order valence-electron chi connectivity index (χ1n) is 4.16. The lowest BCUT2D eigenvalue weighted by atomic mass is 10.2. The van der Waals surface area contributed by atoms with E-state index in [1.807, 2.05) is 13.0 Å². The standard InChI is InChI=1S/C9H14N2O2/c1-6-5-7(3-4-10)11-8(6)9(12)13-2/h5,11H,3-4,10H2,1-2H3. The normalized spacial score (nSPS) is 10.1. The summed E-state index contributed by atoms with van der Waals surface area (Å²) in [6, 6.07) is 1.92. The number of esters is 1. The van der Waals surface area contributed by atoms with E-state index in [9.17, 15) is 4.79 Å². The average Bonchev–Trinajstić information content (AvgIpc) is 2.46. The van der Waals surface area contributed by atoms with Crippen molar-refractivity contribution in [3.05, 3.63) is 23.0 Å². The van der Waals surface area contributed by atoms with Gasteiger partial charge in [0.15, 0.2) is 0 Å². The number of carbonyl (C=O) groups is 1. The first kappa shape index (κ1) is 9.80. The van der Waals surface area contributed by atoms with E-state index in [0.29, 0.717) is 12.2 Å². The fraction of sp³-hybridized carbons (Fsp3) is 0.444. The zero-order chi connectivity index (χ0) is 9.84. The number of aromatic amines is 1. The minimum atomic E-state index is -0.333. The second-order valence-corrected chi connectivity index (χ2v) is 2.88. The van der Waals surface area contributed by atoms with Crippen LogP contribution in [0.1, 0.15) is 21.7 Å². The van der Waals surface area contributed by atoms with E-state index in [1.54, 1.807) is 0 Å². The lowest BCUT2D eigenvalue weighted by molar-refractivity contribution is 0.0594. The van der Waals surface area contributed by atoms with Gasteiger partial charge in [-0.3, -0.25) is 0 Å². The van der Waals surface area contributed by atoms with Crippen molar-refractivity contribution < 1.29 is 9.53 Å². The second-order valence-electron chi connectivity index (χ2n) is 2.88.